The molecule has 0 aliphatic heterocycles. The number of para-hydroxylation sites is 3. The van der Waals surface area contributed by atoms with Crippen molar-refractivity contribution in [3.63, 3.8) is 0 Å². The lowest BCUT2D eigenvalue weighted by Crippen LogP contribution is -2.06. The lowest BCUT2D eigenvalue weighted by Gasteiger charge is -2.14. The van der Waals surface area contributed by atoms with Gasteiger partial charge in [0.05, 0.1) is 33.5 Å². The maximum absolute atomic E-state index is 5.38. The fraction of sp³-hybridized carbons (Fsp3) is 0.0189. The fourth-order valence-electron chi connectivity index (χ4n) is 8.69. The molecule has 0 atom stereocenters. The van der Waals surface area contributed by atoms with Crippen LogP contribution in [0.3, 0.4) is 0 Å². The summed E-state index contributed by atoms with van der Waals surface area (Å²) in [6.45, 7) is 4.56. The summed E-state index contributed by atoms with van der Waals surface area (Å²) in [4.78, 5) is 10.6. The molecule has 3 heterocycles. The number of rotatable bonds is 4. The van der Waals surface area contributed by atoms with E-state index in [4.69, 9.17) is 9.97 Å². The lowest BCUT2D eigenvalue weighted by atomic mass is 10.0. The van der Waals surface area contributed by atoms with E-state index in [0.29, 0.717) is 5.95 Å². The Morgan fingerprint density at radius 2 is 1.12 bits per heavy atom. The maximum Gasteiger partial charge on any atom is 0.235 e. The molecule has 0 N–H and O–H groups in total. The van der Waals surface area contributed by atoms with Crippen LogP contribution in [0.4, 0.5) is 0 Å². The lowest BCUT2D eigenvalue weighted by molar-refractivity contribution is 0.965. The maximum atomic E-state index is 5.38. The average molecular weight is 729 g/mol. The van der Waals surface area contributed by atoms with E-state index >= 15 is 0 Å². The molecule has 0 amide bonds. The van der Waals surface area contributed by atoms with E-state index in [-0.39, 0.29) is 0 Å². The molecule has 7 aromatic carbocycles. The van der Waals surface area contributed by atoms with Gasteiger partial charge in [0.2, 0.25) is 5.95 Å². The van der Waals surface area contributed by atoms with Crippen molar-refractivity contribution in [1.82, 2.24) is 19.1 Å². The molecule has 4 nitrogen and oxygen atoms in total. The summed E-state index contributed by atoms with van der Waals surface area (Å²) in [5, 5.41) is 7.20. The highest BCUT2D eigenvalue weighted by Gasteiger charge is 2.21. The highest BCUT2D eigenvalue weighted by molar-refractivity contribution is 6.22. The first-order valence-electron chi connectivity index (χ1n) is 19.4. The SMILES string of the molecule is C=C1/C=C\c2c(c3ccccc3n2-c2nc(-c3ccc(-c4ccccc4)cc3)c3ccccc3n2)C/C=C\C(n2c3ccccc3c3c4ccccc4ccc32)=C/1. The molecular weight excluding hydrogens is 693 g/mol. The molecule has 4 heteroatoms. The third-order valence-corrected chi connectivity index (χ3v) is 11.3. The van der Waals surface area contributed by atoms with Gasteiger partial charge in [0.1, 0.15) is 0 Å². The van der Waals surface area contributed by atoms with Crippen LogP contribution in [0.5, 0.6) is 0 Å². The number of allylic oxidation sites excluding steroid dienone is 6. The Kier molecular flexibility index (Phi) is 7.68. The molecule has 1 aliphatic rings. The topological polar surface area (TPSA) is 35.6 Å². The normalized spacial score (nSPS) is 15.2. The summed E-state index contributed by atoms with van der Waals surface area (Å²) in [5.74, 6) is 0.637. The van der Waals surface area contributed by atoms with Gasteiger partial charge in [-0.25, -0.2) is 9.97 Å². The second kappa shape index (κ2) is 13.3. The van der Waals surface area contributed by atoms with Crippen LogP contribution >= 0.6 is 0 Å². The van der Waals surface area contributed by atoms with E-state index in [9.17, 15) is 0 Å². The standard InChI is InChI=1S/C53H36N4/c1-35-26-32-49-43(22-13-17-40(34-35)56-48-25-12-9-21-45(48)51-41-18-6-5-16-38(41)31-33-50(51)56)42-19-8-11-24-47(42)57(49)53-54-46-23-10-7-20-44(46)52(55-53)39-29-27-37(28-30-39)36-14-3-2-4-15-36/h2-21,23-34H,1,22H2/b17-13-,32-26-,40-34+. The van der Waals surface area contributed by atoms with Gasteiger partial charge in [0.25, 0.3) is 0 Å². The molecule has 0 unspecified atom stereocenters. The van der Waals surface area contributed by atoms with Gasteiger partial charge in [-0.3, -0.25) is 4.57 Å². The summed E-state index contributed by atoms with van der Waals surface area (Å²) in [7, 11) is 0. The van der Waals surface area contributed by atoms with Crippen molar-refractivity contribution in [2.75, 3.05) is 0 Å². The minimum Gasteiger partial charge on any atom is -0.309 e. The minimum absolute atomic E-state index is 0.637. The van der Waals surface area contributed by atoms with E-state index in [1.165, 1.54) is 54.7 Å². The predicted molar refractivity (Wildman–Crippen MR) is 239 cm³/mol. The van der Waals surface area contributed by atoms with Crippen molar-refractivity contribution in [1.29, 1.82) is 0 Å². The summed E-state index contributed by atoms with van der Waals surface area (Å²) in [6.07, 6.45) is 11.8. The number of nitrogens with zero attached hydrogens (tertiary/aromatic N) is 4. The summed E-state index contributed by atoms with van der Waals surface area (Å²) in [6, 6.07) is 57.9. The highest BCUT2D eigenvalue weighted by atomic mass is 15.2. The number of hydrogen-bond donors (Lipinski definition) is 0. The van der Waals surface area contributed by atoms with Crippen molar-refractivity contribution in [2.24, 2.45) is 0 Å². The van der Waals surface area contributed by atoms with Crippen LogP contribution in [0, 0.1) is 0 Å². The first kappa shape index (κ1) is 32.8. The van der Waals surface area contributed by atoms with Gasteiger partial charge in [-0.1, -0.05) is 158 Å². The average Bonchev–Trinajstić information content (AvgIpc) is 3.78. The number of fused-ring (bicyclic) bond motifs is 9. The second-order valence-electron chi connectivity index (χ2n) is 14.7. The van der Waals surface area contributed by atoms with Gasteiger partial charge in [-0.05, 0) is 82.0 Å². The Morgan fingerprint density at radius 3 is 1.95 bits per heavy atom. The monoisotopic (exact) mass is 728 g/mol. The van der Waals surface area contributed by atoms with E-state index < -0.39 is 0 Å². The molecule has 11 rings (SSSR count). The van der Waals surface area contributed by atoms with Gasteiger partial charge in [0, 0.05) is 32.8 Å². The van der Waals surface area contributed by atoms with Crippen LogP contribution in [0.1, 0.15) is 11.3 Å². The largest absolute Gasteiger partial charge is 0.309 e. The van der Waals surface area contributed by atoms with Crippen molar-refractivity contribution in [3.05, 3.63) is 212 Å². The first-order valence-corrected chi connectivity index (χ1v) is 19.4. The Balaban J connectivity index is 1.06. The molecule has 1 aliphatic carbocycles. The second-order valence-corrected chi connectivity index (χ2v) is 14.7. The van der Waals surface area contributed by atoms with Crippen molar-refractivity contribution >= 4 is 66.2 Å². The van der Waals surface area contributed by atoms with Gasteiger partial charge in [-0.2, -0.15) is 0 Å². The molecular formula is C53H36N4. The van der Waals surface area contributed by atoms with Crippen LogP contribution < -0.4 is 0 Å². The molecule has 10 aromatic rings. The Bertz CT molecular complexity index is 3320. The Morgan fingerprint density at radius 1 is 0.474 bits per heavy atom. The van der Waals surface area contributed by atoms with Crippen LogP contribution in [-0.4, -0.2) is 19.1 Å². The summed E-state index contributed by atoms with van der Waals surface area (Å²) >= 11 is 0. The molecule has 0 spiro atoms. The predicted octanol–water partition coefficient (Wildman–Crippen LogP) is 13.4. The fourth-order valence-corrected chi connectivity index (χ4v) is 8.69. The van der Waals surface area contributed by atoms with E-state index in [1.807, 2.05) is 12.1 Å². The van der Waals surface area contributed by atoms with Crippen LogP contribution in [0.15, 0.2) is 200 Å². The number of hydrogen-bond acceptors (Lipinski definition) is 2. The van der Waals surface area contributed by atoms with Crippen molar-refractivity contribution in [3.8, 4) is 28.3 Å². The van der Waals surface area contributed by atoms with Crippen molar-refractivity contribution in [2.45, 2.75) is 6.42 Å². The van der Waals surface area contributed by atoms with Gasteiger partial charge >= 0.3 is 0 Å². The molecule has 57 heavy (non-hydrogen) atoms. The molecule has 0 bridgehead atoms. The highest BCUT2D eigenvalue weighted by Crippen LogP contribution is 2.39. The Hall–Kier alpha value is -7.56. The minimum atomic E-state index is 0.637. The molecule has 0 radical (unpaired) electrons. The zero-order valence-electron chi connectivity index (χ0n) is 31.2. The molecule has 0 saturated heterocycles. The van der Waals surface area contributed by atoms with Gasteiger partial charge in [0.15, 0.2) is 0 Å². The van der Waals surface area contributed by atoms with Crippen LogP contribution in [-0.2, 0) is 6.42 Å². The number of benzene rings is 7. The smallest absolute Gasteiger partial charge is 0.235 e. The van der Waals surface area contributed by atoms with Crippen LogP contribution in [0.25, 0.3) is 94.5 Å². The molecule has 0 saturated carbocycles. The molecule has 0 fully saturated rings. The third kappa shape index (κ3) is 5.45. The summed E-state index contributed by atoms with van der Waals surface area (Å²) in [5.41, 5.74) is 12.8. The van der Waals surface area contributed by atoms with Gasteiger partial charge in [-0.15, -0.1) is 0 Å². The Labute approximate surface area is 330 Å². The van der Waals surface area contributed by atoms with Gasteiger partial charge < -0.3 is 4.57 Å². The summed E-state index contributed by atoms with van der Waals surface area (Å²) < 4.78 is 4.61. The van der Waals surface area contributed by atoms with Crippen LogP contribution in [0.2, 0.25) is 0 Å². The first-order chi connectivity index (χ1) is 28.2. The zero-order valence-corrected chi connectivity index (χ0v) is 31.2. The number of aromatic nitrogens is 4. The molecule has 268 valence electrons. The van der Waals surface area contributed by atoms with Crippen molar-refractivity contribution < 1.29 is 0 Å². The van der Waals surface area contributed by atoms with E-state index in [1.54, 1.807) is 0 Å². The third-order valence-electron chi connectivity index (χ3n) is 11.3. The zero-order chi connectivity index (χ0) is 37.9. The van der Waals surface area contributed by atoms with E-state index in [2.05, 4.69) is 198 Å². The van der Waals surface area contributed by atoms with E-state index in [0.717, 1.165) is 51.1 Å². The quantitative estimate of drug-likeness (QED) is 0.181. The molecule has 3 aromatic heterocycles.